The number of nitrogens with zero attached hydrogens (tertiary/aromatic N) is 3. The van der Waals surface area contributed by atoms with Crippen LogP contribution in [0.15, 0.2) is 33.6 Å². The molecule has 0 aliphatic rings. The van der Waals surface area contributed by atoms with Gasteiger partial charge in [-0.05, 0) is 38.0 Å². The molecule has 0 bridgehead atoms. The first-order chi connectivity index (χ1) is 11.5. The number of carbonyl (C=O) groups is 1. The minimum absolute atomic E-state index is 0.116. The Hall–Kier alpha value is -2.96. The maximum Gasteiger partial charge on any atom is 0.267 e. The average Bonchev–Trinajstić information content (AvgIpc) is 2.92. The lowest BCUT2D eigenvalue weighted by Crippen LogP contribution is -2.30. The highest BCUT2D eigenvalue weighted by molar-refractivity contribution is 5.90. The first-order valence-corrected chi connectivity index (χ1v) is 7.71. The molecule has 3 rings (SSSR count). The number of nitrogens with one attached hydrogen (secondary N) is 1. The lowest BCUT2D eigenvalue weighted by atomic mass is 10.1. The van der Waals surface area contributed by atoms with Crippen LogP contribution in [0.25, 0.3) is 11.1 Å². The van der Waals surface area contributed by atoms with Crippen LogP contribution in [0.4, 0.5) is 5.69 Å². The number of carbonyl (C=O) groups excluding carboxylic acids is 1. The average molecular weight is 326 g/mol. The van der Waals surface area contributed by atoms with Crippen LogP contribution in [-0.2, 0) is 17.8 Å². The third kappa shape index (κ3) is 2.92. The number of aryl methyl sites for hydroxylation is 3. The third-order valence-corrected chi connectivity index (χ3v) is 3.88. The Bertz CT molecular complexity index is 972. The van der Waals surface area contributed by atoms with E-state index in [0.717, 1.165) is 12.0 Å². The first kappa shape index (κ1) is 15.9. The number of benzene rings is 1. The van der Waals surface area contributed by atoms with Crippen molar-refractivity contribution in [3.05, 3.63) is 51.7 Å². The molecule has 0 saturated carbocycles. The van der Waals surface area contributed by atoms with E-state index in [1.807, 2.05) is 31.2 Å². The van der Waals surface area contributed by atoms with Crippen LogP contribution in [0.5, 0.6) is 0 Å². The predicted octanol–water partition coefficient (Wildman–Crippen LogP) is 2.20. The number of hydrogen-bond donors (Lipinski definition) is 1. The van der Waals surface area contributed by atoms with E-state index in [-0.39, 0.29) is 23.7 Å². The van der Waals surface area contributed by atoms with Gasteiger partial charge in [-0.25, -0.2) is 0 Å². The maximum absolute atomic E-state index is 12.6. The van der Waals surface area contributed by atoms with Gasteiger partial charge in [0.25, 0.3) is 11.3 Å². The largest absolute Gasteiger partial charge is 0.335 e. The molecule has 0 fully saturated rings. The van der Waals surface area contributed by atoms with Crippen molar-refractivity contribution in [1.29, 1.82) is 0 Å². The molecule has 24 heavy (non-hydrogen) atoms. The van der Waals surface area contributed by atoms with Crippen LogP contribution in [0, 0.1) is 13.8 Å². The van der Waals surface area contributed by atoms with E-state index >= 15 is 0 Å². The van der Waals surface area contributed by atoms with Crippen LogP contribution in [0.1, 0.15) is 24.0 Å². The number of rotatable bonds is 4. The van der Waals surface area contributed by atoms with Crippen LogP contribution >= 0.6 is 0 Å². The summed E-state index contributed by atoms with van der Waals surface area (Å²) in [6.45, 7) is 5.26. The SMILES string of the molecule is CCc1cccc(NC(=O)Cn2c(C)nc3onc(C)c3c2=O)c1. The van der Waals surface area contributed by atoms with Crippen molar-refractivity contribution in [2.75, 3.05) is 5.32 Å². The van der Waals surface area contributed by atoms with Gasteiger partial charge in [0, 0.05) is 5.69 Å². The molecule has 0 saturated heterocycles. The molecule has 124 valence electrons. The Morgan fingerprint density at radius 2 is 2.12 bits per heavy atom. The molecule has 1 aromatic carbocycles. The van der Waals surface area contributed by atoms with Gasteiger partial charge < -0.3 is 9.84 Å². The van der Waals surface area contributed by atoms with Crippen molar-refractivity contribution in [3.8, 4) is 0 Å². The minimum Gasteiger partial charge on any atom is -0.335 e. The van der Waals surface area contributed by atoms with Crippen molar-refractivity contribution < 1.29 is 9.32 Å². The third-order valence-electron chi connectivity index (χ3n) is 3.88. The normalized spacial score (nSPS) is 11.0. The summed E-state index contributed by atoms with van der Waals surface area (Å²) in [7, 11) is 0. The van der Waals surface area contributed by atoms with Crippen LogP contribution in [0.3, 0.4) is 0 Å². The summed E-state index contributed by atoms with van der Waals surface area (Å²) >= 11 is 0. The molecule has 0 spiro atoms. The number of anilines is 1. The van der Waals surface area contributed by atoms with E-state index in [1.54, 1.807) is 13.8 Å². The molecule has 0 radical (unpaired) electrons. The Labute approximate surface area is 138 Å². The second kappa shape index (κ2) is 6.27. The molecule has 7 nitrogen and oxygen atoms in total. The Morgan fingerprint density at radius 3 is 2.88 bits per heavy atom. The van der Waals surface area contributed by atoms with E-state index in [1.165, 1.54) is 4.57 Å². The van der Waals surface area contributed by atoms with E-state index in [9.17, 15) is 9.59 Å². The molecule has 0 atom stereocenters. The maximum atomic E-state index is 12.6. The van der Waals surface area contributed by atoms with E-state index < -0.39 is 0 Å². The zero-order valence-corrected chi connectivity index (χ0v) is 13.8. The lowest BCUT2D eigenvalue weighted by molar-refractivity contribution is -0.116. The highest BCUT2D eigenvalue weighted by Crippen LogP contribution is 2.13. The quantitative estimate of drug-likeness (QED) is 0.794. The van der Waals surface area contributed by atoms with Crippen LogP contribution in [-0.4, -0.2) is 20.6 Å². The van der Waals surface area contributed by atoms with Gasteiger partial charge in [0.1, 0.15) is 17.8 Å². The number of hydrogen-bond acceptors (Lipinski definition) is 5. The van der Waals surface area contributed by atoms with E-state index in [4.69, 9.17) is 4.52 Å². The summed E-state index contributed by atoms with van der Waals surface area (Å²) in [5.74, 6) is 0.116. The second-order valence-corrected chi connectivity index (χ2v) is 5.60. The molecule has 1 amide bonds. The highest BCUT2D eigenvalue weighted by Gasteiger charge is 2.16. The topological polar surface area (TPSA) is 90.0 Å². The fourth-order valence-corrected chi connectivity index (χ4v) is 2.57. The Balaban J connectivity index is 1.87. The summed E-state index contributed by atoms with van der Waals surface area (Å²) < 4.78 is 6.34. The van der Waals surface area contributed by atoms with E-state index in [2.05, 4.69) is 15.5 Å². The summed E-state index contributed by atoms with van der Waals surface area (Å²) in [6.07, 6.45) is 0.885. The van der Waals surface area contributed by atoms with Crippen LogP contribution < -0.4 is 10.9 Å². The van der Waals surface area contributed by atoms with E-state index in [0.29, 0.717) is 22.6 Å². The van der Waals surface area contributed by atoms with Crippen molar-refractivity contribution in [2.45, 2.75) is 33.7 Å². The molecule has 3 aromatic rings. The number of fused-ring (bicyclic) bond motifs is 1. The Morgan fingerprint density at radius 1 is 1.33 bits per heavy atom. The molecular formula is C17H18N4O3. The Kier molecular flexibility index (Phi) is 4.16. The van der Waals surface area contributed by atoms with Gasteiger partial charge in [0.2, 0.25) is 5.91 Å². The van der Waals surface area contributed by atoms with Gasteiger partial charge >= 0.3 is 0 Å². The number of aromatic nitrogens is 3. The predicted molar refractivity (Wildman–Crippen MR) is 90.0 cm³/mol. The van der Waals surface area contributed by atoms with Gasteiger partial charge in [0.05, 0.1) is 5.69 Å². The molecular weight excluding hydrogens is 308 g/mol. The van der Waals surface area contributed by atoms with Gasteiger partial charge in [-0.1, -0.05) is 24.2 Å². The van der Waals surface area contributed by atoms with Gasteiger partial charge in [0.15, 0.2) is 0 Å². The molecule has 2 heterocycles. The van der Waals surface area contributed by atoms with Crippen molar-refractivity contribution in [1.82, 2.24) is 14.7 Å². The molecule has 0 unspecified atom stereocenters. The summed E-state index contributed by atoms with van der Waals surface area (Å²) in [6, 6.07) is 7.62. The van der Waals surface area contributed by atoms with Crippen molar-refractivity contribution >= 4 is 22.7 Å². The zero-order valence-electron chi connectivity index (χ0n) is 13.8. The second-order valence-electron chi connectivity index (χ2n) is 5.60. The molecule has 2 aromatic heterocycles. The van der Waals surface area contributed by atoms with Gasteiger partial charge in [-0.15, -0.1) is 0 Å². The van der Waals surface area contributed by atoms with Gasteiger partial charge in [-0.3, -0.25) is 14.2 Å². The molecule has 1 N–H and O–H groups in total. The fourth-order valence-electron chi connectivity index (χ4n) is 2.57. The molecule has 7 heteroatoms. The van der Waals surface area contributed by atoms with Gasteiger partial charge in [-0.2, -0.15) is 4.98 Å². The standard InChI is InChI=1S/C17H18N4O3/c1-4-12-6-5-7-13(8-12)19-14(22)9-21-11(3)18-16-15(17(21)23)10(2)20-24-16/h5-8H,4,9H2,1-3H3,(H,19,22). The number of amides is 1. The van der Waals surface area contributed by atoms with Crippen molar-refractivity contribution in [3.63, 3.8) is 0 Å². The van der Waals surface area contributed by atoms with Crippen LogP contribution in [0.2, 0.25) is 0 Å². The zero-order chi connectivity index (χ0) is 17.3. The first-order valence-electron chi connectivity index (χ1n) is 7.71. The molecule has 0 aliphatic carbocycles. The summed E-state index contributed by atoms with van der Waals surface area (Å²) in [5.41, 5.74) is 2.17. The van der Waals surface area contributed by atoms with Crippen molar-refractivity contribution in [2.24, 2.45) is 0 Å². The minimum atomic E-state index is -0.325. The molecule has 0 aliphatic heterocycles. The fraction of sp³-hybridized carbons (Fsp3) is 0.294. The summed E-state index contributed by atoms with van der Waals surface area (Å²) in [4.78, 5) is 29.1. The summed E-state index contributed by atoms with van der Waals surface area (Å²) in [5, 5.41) is 6.87. The monoisotopic (exact) mass is 326 g/mol. The lowest BCUT2D eigenvalue weighted by Gasteiger charge is -2.10. The smallest absolute Gasteiger partial charge is 0.267 e. The highest BCUT2D eigenvalue weighted by atomic mass is 16.5.